The number of aromatic nitrogens is 1. The zero-order valence-electron chi connectivity index (χ0n) is 15.8. The predicted molar refractivity (Wildman–Crippen MR) is 114 cm³/mol. The van der Waals surface area contributed by atoms with Crippen LogP contribution in [0.25, 0.3) is 0 Å². The van der Waals surface area contributed by atoms with Crippen molar-refractivity contribution in [1.29, 1.82) is 0 Å². The summed E-state index contributed by atoms with van der Waals surface area (Å²) >= 11 is 7.95. The molecule has 0 atom stereocenters. The van der Waals surface area contributed by atoms with Crippen LogP contribution in [-0.2, 0) is 0 Å². The van der Waals surface area contributed by atoms with Gasteiger partial charge >= 0.3 is 0 Å². The van der Waals surface area contributed by atoms with Crippen molar-refractivity contribution in [2.45, 2.75) is 27.7 Å². The molecule has 3 rings (SSSR count). The number of nitrogens with zero attached hydrogens (tertiary/aromatic N) is 4. The largest absolute Gasteiger partial charge is 0.382 e. The van der Waals surface area contributed by atoms with Crippen LogP contribution in [0.5, 0.6) is 0 Å². The molecule has 26 heavy (non-hydrogen) atoms. The van der Waals surface area contributed by atoms with E-state index in [-0.39, 0.29) is 0 Å². The van der Waals surface area contributed by atoms with Gasteiger partial charge in [-0.25, -0.2) is 0 Å². The Hall–Kier alpha value is -1.99. The maximum atomic E-state index is 6.39. The minimum absolute atomic E-state index is 0.308. The van der Waals surface area contributed by atoms with Gasteiger partial charge in [-0.3, -0.25) is 0 Å². The Kier molecular flexibility index (Phi) is 7.11. The van der Waals surface area contributed by atoms with E-state index in [2.05, 4.69) is 33.1 Å². The van der Waals surface area contributed by atoms with E-state index in [0.29, 0.717) is 10.9 Å². The number of aryl methyl sites for hydroxylation is 2. The van der Waals surface area contributed by atoms with Crippen LogP contribution in [0.4, 0.5) is 11.4 Å². The molecule has 1 aliphatic rings. The van der Waals surface area contributed by atoms with Crippen molar-refractivity contribution in [3.8, 4) is 0 Å². The number of nitrogens with two attached hydrogens (primary N) is 2. The highest BCUT2D eigenvalue weighted by Crippen LogP contribution is 2.31. The number of halogens is 1. The lowest BCUT2D eigenvalue weighted by molar-refractivity contribution is 0.651. The number of rotatable bonds is 3. The Morgan fingerprint density at radius 2 is 1.77 bits per heavy atom. The maximum absolute atomic E-state index is 6.39. The molecule has 1 aromatic carbocycles. The molecule has 0 bridgehead atoms. The Labute approximate surface area is 164 Å². The first-order valence-electron chi connectivity index (χ1n) is 8.77. The number of anilines is 2. The lowest BCUT2D eigenvalue weighted by atomic mass is 10.1. The molecule has 1 aromatic heterocycles. The number of amidine groups is 1. The summed E-state index contributed by atoms with van der Waals surface area (Å²) in [5.74, 6) is 5.58. The van der Waals surface area contributed by atoms with Gasteiger partial charge in [-0.1, -0.05) is 25.4 Å². The van der Waals surface area contributed by atoms with Crippen molar-refractivity contribution in [2.75, 3.05) is 36.0 Å². The predicted octanol–water partition coefficient (Wildman–Crippen LogP) is 3.35. The molecule has 0 radical (unpaired) electrons. The quantitative estimate of drug-likeness (QED) is 0.361. The second-order valence-corrected chi connectivity index (χ2v) is 7.21. The molecule has 0 unspecified atom stereocenters. The maximum Gasteiger partial charge on any atom is 0.150 e. The summed E-state index contributed by atoms with van der Waals surface area (Å²) in [5, 5.41) is 4.27. The van der Waals surface area contributed by atoms with Gasteiger partial charge in [0.1, 0.15) is 5.84 Å². The minimum Gasteiger partial charge on any atom is -0.382 e. The zero-order chi connectivity index (χ0) is 19.3. The number of hydrogen-bond donors (Lipinski definition) is 2. The normalized spacial score (nSPS) is 14.9. The van der Waals surface area contributed by atoms with Gasteiger partial charge in [0.05, 0.1) is 22.1 Å². The summed E-state index contributed by atoms with van der Waals surface area (Å²) in [7, 11) is 0. The minimum atomic E-state index is 0.308. The first-order chi connectivity index (χ1) is 12.5. The molecule has 0 aliphatic carbocycles. The van der Waals surface area contributed by atoms with Crippen molar-refractivity contribution in [3.05, 3.63) is 39.4 Å². The second-order valence-electron chi connectivity index (χ2n) is 5.83. The summed E-state index contributed by atoms with van der Waals surface area (Å²) < 4.78 is 4.45. The topological polar surface area (TPSA) is 83.8 Å². The molecule has 1 aliphatic heterocycles. The van der Waals surface area contributed by atoms with Crippen LogP contribution in [0.2, 0.25) is 5.02 Å². The van der Waals surface area contributed by atoms with Crippen molar-refractivity contribution in [1.82, 2.24) is 4.37 Å². The highest BCUT2D eigenvalue weighted by Gasteiger charge is 2.23. The Balaban J connectivity index is 0.00000117. The molecule has 2 heterocycles. The van der Waals surface area contributed by atoms with E-state index in [4.69, 9.17) is 23.2 Å². The van der Waals surface area contributed by atoms with E-state index in [1.807, 2.05) is 32.0 Å². The van der Waals surface area contributed by atoms with E-state index < -0.39 is 0 Å². The van der Waals surface area contributed by atoms with Gasteiger partial charge in [0.15, 0.2) is 0 Å². The molecule has 1 fully saturated rings. The molecule has 0 spiro atoms. The average Bonchev–Trinajstić information content (AvgIpc) is 3.01. The Morgan fingerprint density at radius 3 is 2.31 bits per heavy atom. The van der Waals surface area contributed by atoms with Gasteiger partial charge < -0.3 is 21.4 Å². The summed E-state index contributed by atoms with van der Waals surface area (Å²) in [5.41, 5.74) is 9.95. The van der Waals surface area contributed by atoms with Crippen LogP contribution in [0.1, 0.15) is 30.0 Å². The van der Waals surface area contributed by atoms with Gasteiger partial charge in [0.2, 0.25) is 0 Å². The van der Waals surface area contributed by atoms with Crippen LogP contribution in [0, 0.1) is 13.8 Å². The van der Waals surface area contributed by atoms with Crippen LogP contribution >= 0.6 is 23.1 Å². The van der Waals surface area contributed by atoms with Crippen molar-refractivity contribution in [3.63, 3.8) is 0 Å². The first kappa shape index (κ1) is 20.3. The number of benzene rings is 1. The number of piperazine rings is 1. The third-order valence-electron chi connectivity index (χ3n) is 4.31. The highest BCUT2D eigenvalue weighted by atomic mass is 35.5. The van der Waals surface area contributed by atoms with Crippen molar-refractivity contribution < 1.29 is 0 Å². The third-order valence-corrected chi connectivity index (χ3v) is 5.47. The van der Waals surface area contributed by atoms with Gasteiger partial charge in [0, 0.05) is 36.6 Å². The van der Waals surface area contributed by atoms with E-state index in [9.17, 15) is 0 Å². The van der Waals surface area contributed by atoms with Gasteiger partial charge in [-0.15, -0.1) is 0 Å². The van der Waals surface area contributed by atoms with Gasteiger partial charge in [-0.2, -0.15) is 9.47 Å². The molecule has 1 saturated heterocycles. The third kappa shape index (κ3) is 4.22. The number of hydrazone groups is 1. The fourth-order valence-electron chi connectivity index (χ4n) is 3.09. The van der Waals surface area contributed by atoms with Crippen molar-refractivity contribution in [2.24, 2.45) is 16.7 Å². The lowest BCUT2D eigenvalue weighted by Gasteiger charge is -2.38. The van der Waals surface area contributed by atoms with Crippen LogP contribution in [0.15, 0.2) is 23.3 Å². The molecule has 4 N–H and O–H groups in total. The number of hydrogen-bond acceptors (Lipinski definition) is 6. The SMILES string of the molecule is CC.Cc1nsc(C)c1N1CCN(c2cc(/C(N)=N/N)ccc2Cl)CC1. The molecule has 2 aromatic rings. The first-order valence-corrected chi connectivity index (χ1v) is 9.92. The Bertz CT molecular complexity index is 746. The van der Waals surface area contributed by atoms with Crippen molar-refractivity contribution >= 4 is 40.3 Å². The highest BCUT2D eigenvalue weighted by molar-refractivity contribution is 7.06. The Morgan fingerprint density at radius 1 is 1.15 bits per heavy atom. The average molecular weight is 395 g/mol. The van der Waals surface area contributed by atoms with E-state index in [1.54, 1.807) is 11.5 Å². The van der Waals surface area contributed by atoms with E-state index >= 15 is 0 Å². The van der Waals surface area contributed by atoms with Crippen LogP contribution in [-0.4, -0.2) is 36.4 Å². The summed E-state index contributed by atoms with van der Waals surface area (Å²) in [6.07, 6.45) is 0. The molecule has 8 heteroatoms. The fourth-order valence-corrected chi connectivity index (χ4v) is 4.05. The van der Waals surface area contributed by atoms with Gasteiger partial charge in [-0.05, 0) is 43.6 Å². The molecular formula is C18H27ClN6S. The van der Waals surface area contributed by atoms with E-state index in [0.717, 1.165) is 43.1 Å². The zero-order valence-corrected chi connectivity index (χ0v) is 17.4. The molecule has 0 amide bonds. The van der Waals surface area contributed by atoms with Gasteiger partial charge in [0.25, 0.3) is 0 Å². The van der Waals surface area contributed by atoms with Crippen LogP contribution < -0.4 is 21.4 Å². The summed E-state index contributed by atoms with van der Waals surface area (Å²) in [6, 6.07) is 5.62. The monoisotopic (exact) mass is 394 g/mol. The molecule has 142 valence electrons. The molecular weight excluding hydrogens is 368 g/mol. The smallest absolute Gasteiger partial charge is 0.150 e. The van der Waals surface area contributed by atoms with Crippen LogP contribution in [0.3, 0.4) is 0 Å². The lowest BCUT2D eigenvalue weighted by Crippen LogP contribution is -2.47. The van der Waals surface area contributed by atoms with E-state index in [1.165, 1.54) is 10.6 Å². The summed E-state index contributed by atoms with van der Waals surface area (Å²) in [4.78, 5) is 5.95. The standard InChI is InChI=1S/C16H21ClN6S.C2H6/c1-10-15(11(2)24-21-10)23-7-5-22(6-8-23)14-9-12(16(18)20-19)3-4-13(14)17;1-2/h3-4,9H,5-8,19H2,1-2H3,(H2,18,20);1-2H3. The second kappa shape index (κ2) is 9.09. The fraction of sp³-hybridized carbons (Fsp3) is 0.444. The molecule has 6 nitrogen and oxygen atoms in total. The summed E-state index contributed by atoms with van der Waals surface area (Å²) in [6.45, 7) is 11.8. The molecule has 0 saturated carbocycles.